The molecule has 142 valence electrons. The van der Waals surface area contributed by atoms with Crippen LogP contribution < -0.4 is 9.47 Å². The number of rotatable bonds is 6. The van der Waals surface area contributed by atoms with Crippen LogP contribution >= 0.6 is 0 Å². The number of likely N-dealkylation sites (tertiary alicyclic amines) is 1. The summed E-state index contributed by atoms with van der Waals surface area (Å²) in [7, 11) is 3.24. The smallest absolute Gasteiger partial charge is 0.228 e. The highest BCUT2D eigenvalue weighted by Crippen LogP contribution is 2.55. The van der Waals surface area contributed by atoms with E-state index >= 15 is 0 Å². The van der Waals surface area contributed by atoms with Crippen LogP contribution in [0.3, 0.4) is 0 Å². The first-order valence-electron chi connectivity index (χ1n) is 9.39. The molecule has 1 saturated carbocycles. The van der Waals surface area contributed by atoms with Gasteiger partial charge in [0.05, 0.1) is 14.2 Å². The fourth-order valence-corrected chi connectivity index (χ4v) is 4.43. The van der Waals surface area contributed by atoms with Gasteiger partial charge in [-0.2, -0.15) is 0 Å². The molecule has 1 N–H and O–H groups in total. The van der Waals surface area contributed by atoms with Gasteiger partial charge in [-0.25, -0.2) is 0 Å². The summed E-state index contributed by atoms with van der Waals surface area (Å²) in [4.78, 5) is 14.6. The van der Waals surface area contributed by atoms with Gasteiger partial charge in [0.1, 0.15) is 11.5 Å². The molecule has 1 unspecified atom stereocenters. The van der Waals surface area contributed by atoms with E-state index in [9.17, 15) is 9.90 Å². The molecule has 1 amide bonds. The molecule has 0 radical (unpaired) electrons. The summed E-state index contributed by atoms with van der Waals surface area (Å²) >= 11 is 0. The number of hydrogen-bond donors (Lipinski definition) is 1. The van der Waals surface area contributed by atoms with Crippen LogP contribution in [0.1, 0.15) is 24.0 Å². The predicted molar refractivity (Wildman–Crippen MR) is 102 cm³/mol. The van der Waals surface area contributed by atoms with Crippen molar-refractivity contribution in [2.75, 3.05) is 20.8 Å². The molecule has 2 aliphatic rings. The fraction of sp³-hybridized carbons (Fsp3) is 0.409. The van der Waals surface area contributed by atoms with Crippen molar-refractivity contribution in [3.63, 3.8) is 0 Å². The highest BCUT2D eigenvalue weighted by molar-refractivity contribution is 5.84. The number of amides is 1. The number of carbonyl (C=O) groups excluding carboxylic acids is 1. The zero-order valence-electron chi connectivity index (χ0n) is 15.7. The Labute approximate surface area is 159 Å². The van der Waals surface area contributed by atoms with Gasteiger partial charge < -0.3 is 19.5 Å². The van der Waals surface area contributed by atoms with Crippen molar-refractivity contribution < 1.29 is 19.4 Å². The average Bonchev–Trinajstić information content (AvgIpc) is 2.81. The van der Waals surface area contributed by atoms with Gasteiger partial charge in [0.15, 0.2) is 5.72 Å². The Bertz CT molecular complexity index is 815. The van der Waals surface area contributed by atoms with E-state index in [4.69, 9.17) is 9.47 Å². The number of methoxy groups -OCH3 is 2. The molecular weight excluding hydrogens is 342 g/mol. The normalized spacial score (nSPS) is 26.5. The average molecular weight is 367 g/mol. The summed E-state index contributed by atoms with van der Waals surface area (Å²) in [6.07, 6.45) is 2.36. The number of fused-ring (bicyclic) bond motifs is 1. The lowest BCUT2D eigenvalue weighted by molar-refractivity contribution is -0.154. The number of hydrogen-bond acceptors (Lipinski definition) is 4. The molecule has 1 aliphatic carbocycles. The Balaban J connectivity index is 1.61. The van der Waals surface area contributed by atoms with Crippen LogP contribution in [0.4, 0.5) is 0 Å². The molecule has 4 rings (SSSR count). The summed E-state index contributed by atoms with van der Waals surface area (Å²) in [5.74, 6) is 1.42. The van der Waals surface area contributed by atoms with Crippen molar-refractivity contribution in [3.05, 3.63) is 59.7 Å². The predicted octanol–water partition coefficient (Wildman–Crippen LogP) is 2.96. The van der Waals surface area contributed by atoms with Gasteiger partial charge >= 0.3 is 0 Å². The summed E-state index contributed by atoms with van der Waals surface area (Å²) in [5.41, 5.74) is 0.590. The minimum Gasteiger partial charge on any atom is -0.497 e. The number of benzene rings is 2. The van der Waals surface area contributed by atoms with Gasteiger partial charge in [-0.1, -0.05) is 30.3 Å². The van der Waals surface area contributed by atoms with Crippen LogP contribution in [-0.2, 0) is 16.9 Å². The van der Waals surface area contributed by atoms with Crippen LogP contribution in [0, 0.1) is 11.8 Å². The number of ether oxygens (including phenoxy) is 2. The molecule has 1 saturated heterocycles. The van der Waals surface area contributed by atoms with Crippen molar-refractivity contribution in [1.29, 1.82) is 0 Å². The molecule has 0 spiro atoms. The van der Waals surface area contributed by atoms with Gasteiger partial charge in [-0.15, -0.1) is 0 Å². The van der Waals surface area contributed by atoms with E-state index in [1.165, 1.54) is 0 Å². The third-order valence-corrected chi connectivity index (χ3v) is 6.02. The summed E-state index contributed by atoms with van der Waals surface area (Å²) < 4.78 is 10.7. The topological polar surface area (TPSA) is 59.0 Å². The van der Waals surface area contributed by atoms with Crippen LogP contribution in [-0.4, -0.2) is 36.7 Å². The molecule has 2 aromatic carbocycles. The third kappa shape index (κ3) is 2.86. The first-order chi connectivity index (χ1) is 13.1. The van der Waals surface area contributed by atoms with E-state index in [0.29, 0.717) is 13.0 Å². The molecule has 5 heteroatoms. The maximum atomic E-state index is 12.9. The maximum Gasteiger partial charge on any atom is 0.228 e. The van der Waals surface area contributed by atoms with Crippen molar-refractivity contribution in [3.8, 4) is 11.5 Å². The summed E-state index contributed by atoms with van der Waals surface area (Å²) in [5, 5.41) is 11.6. The van der Waals surface area contributed by atoms with E-state index in [0.717, 1.165) is 35.5 Å². The fourth-order valence-electron chi connectivity index (χ4n) is 4.43. The Morgan fingerprint density at radius 2 is 1.74 bits per heavy atom. The first kappa shape index (κ1) is 17.9. The van der Waals surface area contributed by atoms with E-state index in [-0.39, 0.29) is 17.7 Å². The molecule has 0 bridgehead atoms. The van der Waals surface area contributed by atoms with Crippen LogP contribution in [0.2, 0.25) is 0 Å². The van der Waals surface area contributed by atoms with Gasteiger partial charge in [-0.3, -0.25) is 4.79 Å². The SMILES string of the molecule is COc1cc(CCN2C(=O)[C@@H]3CC[C@@H]3C2(O)c2ccccc2)cc(OC)c1. The molecule has 27 heavy (non-hydrogen) atoms. The lowest BCUT2D eigenvalue weighted by atomic mass is 9.69. The van der Waals surface area contributed by atoms with Crippen molar-refractivity contribution in [2.24, 2.45) is 11.8 Å². The maximum absolute atomic E-state index is 12.9. The molecule has 3 atom stereocenters. The minimum absolute atomic E-state index is 0.0211. The third-order valence-electron chi connectivity index (χ3n) is 6.02. The Morgan fingerprint density at radius 3 is 2.30 bits per heavy atom. The van der Waals surface area contributed by atoms with Crippen molar-refractivity contribution >= 4 is 5.91 Å². The van der Waals surface area contributed by atoms with E-state index in [1.54, 1.807) is 19.1 Å². The zero-order chi connectivity index (χ0) is 19.0. The van der Waals surface area contributed by atoms with E-state index in [2.05, 4.69) is 0 Å². The second-order valence-corrected chi connectivity index (χ2v) is 7.34. The monoisotopic (exact) mass is 367 g/mol. The van der Waals surface area contributed by atoms with E-state index in [1.807, 2.05) is 48.5 Å². The molecular formula is C22H25NO4. The highest BCUT2D eigenvalue weighted by atomic mass is 16.5. The largest absolute Gasteiger partial charge is 0.497 e. The molecule has 2 aromatic rings. The number of aliphatic hydroxyl groups is 1. The standard InChI is InChI=1S/C22H25NO4/c1-26-17-12-15(13-18(14-17)27-2)10-11-23-21(24)19-8-9-20(19)22(23,25)16-6-4-3-5-7-16/h3-7,12-14,19-20,25H,8-11H2,1-2H3/t19-,20+,22?/m1/s1. The molecule has 0 aromatic heterocycles. The summed E-state index contributed by atoms with van der Waals surface area (Å²) in [6.45, 7) is 0.452. The second-order valence-electron chi connectivity index (χ2n) is 7.34. The molecule has 5 nitrogen and oxygen atoms in total. The zero-order valence-corrected chi connectivity index (χ0v) is 15.7. The Hall–Kier alpha value is -2.53. The van der Waals surface area contributed by atoms with Crippen LogP contribution in [0.25, 0.3) is 0 Å². The van der Waals surface area contributed by atoms with Gasteiger partial charge in [0, 0.05) is 30.0 Å². The van der Waals surface area contributed by atoms with Gasteiger partial charge in [-0.05, 0) is 37.0 Å². The second kappa shape index (κ2) is 6.89. The molecule has 2 fully saturated rings. The highest BCUT2D eigenvalue weighted by Gasteiger charge is 2.62. The van der Waals surface area contributed by atoms with Crippen LogP contribution in [0.5, 0.6) is 11.5 Å². The Kier molecular flexibility index (Phi) is 4.56. The van der Waals surface area contributed by atoms with E-state index < -0.39 is 5.72 Å². The van der Waals surface area contributed by atoms with Crippen LogP contribution in [0.15, 0.2) is 48.5 Å². The van der Waals surface area contributed by atoms with Gasteiger partial charge in [0.2, 0.25) is 5.91 Å². The Morgan fingerprint density at radius 1 is 1.07 bits per heavy atom. The van der Waals surface area contributed by atoms with Crippen molar-refractivity contribution in [2.45, 2.75) is 25.0 Å². The quantitative estimate of drug-likeness (QED) is 0.853. The summed E-state index contributed by atoms with van der Waals surface area (Å²) in [6, 6.07) is 15.3. The number of nitrogens with zero attached hydrogens (tertiary/aromatic N) is 1. The van der Waals surface area contributed by atoms with Crippen molar-refractivity contribution in [1.82, 2.24) is 4.90 Å². The molecule has 1 heterocycles. The minimum atomic E-state index is -1.22. The lowest BCUT2D eigenvalue weighted by Crippen LogP contribution is -2.48. The van der Waals surface area contributed by atoms with Gasteiger partial charge in [0.25, 0.3) is 0 Å². The molecule has 1 aliphatic heterocycles. The first-order valence-corrected chi connectivity index (χ1v) is 9.39. The number of carbonyl (C=O) groups is 1. The lowest BCUT2D eigenvalue weighted by Gasteiger charge is -2.41.